The predicted octanol–water partition coefficient (Wildman–Crippen LogP) is 5.50. The molecular weight excluding hydrogens is 379 g/mol. The molecule has 6 heteroatoms. The Kier molecular flexibility index (Phi) is 6.24. The molecule has 1 heterocycles. The van der Waals surface area contributed by atoms with Crippen molar-refractivity contribution in [2.75, 3.05) is 18.4 Å². The fraction of sp³-hybridized carbons (Fsp3) is 0.316. The summed E-state index contributed by atoms with van der Waals surface area (Å²) < 4.78 is 0. The Bertz CT molecular complexity index is 746. The van der Waals surface area contributed by atoms with Crippen molar-refractivity contribution in [2.45, 2.75) is 19.4 Å². The van der Waals surface area contributed by atoms with E-state index in [0.29, 0.717) is 33.8 Å². The summed E-state index contributed by atoms with van der Waals surface area (Å²) in [4.78, 5) is 14.8. The van der Waals surface area contributed by atoms with Gasteiger partial charge in [-0.2, -0.15) is 0 Å². The van der Waals surface area contributed by atoms with Gasteiger partial charge in [0.1, 0.15) is 0 Å². The Balaban J connectivity index is 1.65. The van der Waals surface area contributed by atoms with E-state index in [1.807, 2.05) is 36.4 Å². The average molecular weight is 398 g/mol. The number of amides is 1. The molecule has 2 aromatic carbocycles. The molecule has 1 aliphatic heterocycles. The van der Waals surface area contributed by atoms with Gasteiger partial charge in [-0.1, -0.05) is 53.0 Å². The van der Waals surface area contributed by atoms with Gasteiger partial charge >= 0.3 is 0 Å². The normalized spacial score (nSPS) is 18.1. The van der Waals surface area contributed by atoms with E-state index >= 15 is 0 Å². The van der Waals surface area contributed by atoms with Crippen molar-refractivity contribution in [3.05, 3.63) is 63.1 Å². The third-order valence-electron chi connectivity index (χ3n) is 4.45. The molecule has 1 aliphatic rings. The molecule has 1 amide bonds. The first-order chi connectivity index (χ1) is 12.0. The van der Waals surface area contributed by atoms with E-state index in [9.17, 15) is 4.79 Å². The van der Waals surface area contributed by atoms with E-state index in [1.165, 1.54) is 0 Å². The van der Waals surface area contributed by atoms with Crippen LogP contribution < -0.4 is 5.32 Å². The number of rotatable bonds is 4. The average Bonchev–Trinajstić information content (AvgIpc) is 2.60. The number of para-hydroxylation sites is 1. The van der Waals surface area contributed by atoms with Crippen LogP contribution in [0.25, 0.3) is 0 Å². The second-order valence-electron chi connectivity index (χ2n) is 6.24. The van der Waals surface area contributed by atoms with Crippen molar-refractivity contribution >= 4 is 46.4 Å². The smallest absolute Gasteiger partial charge is 0.228 e. The molecule has 0 unspecified atom stereocenters. The minimum atomic E-state index is -0.0775. The largest absolute Gasteiger partial charge is 0.324 e. The molecule has 132 valence electrons. The minimum Gasteiger partial charge on any atom is -0.324 e. The minimum absolute atomic E-state index is 0.00283. The second-order valence-corrected chi connectivity index (χ2v) is 7.47. The number of benzene rings is 2. The van der Waals surface area contributed by atoms with Gasteiger partial charge in [0.25, 0.3) is 0 Å². The Morgan fingerprint density at radius 2 is 1.72 bits per heavy atom. The molecule has 3 rings (SSSR count). The lowest BCUT2D eigenvalue weighted by Crippen LogP contribution is -2.40. The van der Waals surface area contributed by atoms with Gasteiger partial charge in [-0.15, -0.1) is 0 Å². The van der Waals surface area contributed by atoms with Gasteiger partial charge in [0.05, 0.1) is 16.6 Å². The Labute approximate surface area is 162 Å². The molecule has 0 radical (unpaired) electrons. The van der Waals surface area contributed by atoms with Crippen LogP contribution in [-0.4, -0.2) is 23.9 Å². The maximum atomic E-state index is 12.6. The van der Waals surface area contributed by atoms with Crippen LogP contribution in [0.15, 0.2) is 42.5 Å². The number of hydrogen-bond acceptors (Lipinski definition) is 2. The van der Waals surface area contributed by atoms with E-state index in [1.54, 1.807) is 6.07 Å². The molecule has 1 atom stereocenters. The molecule has 2 aromatic rings. The maximum absolute atomic E-state index is 12.6. The van der Waals surface area contributed by atoms with E-state index in [4.69, 9.17) is 34.8 Å². The lowest BCUT2D eigenvalue weighted by molar-refractivity contribution is -0.121. The van der Waals surface area contributed by atoms with Crippen LogP contribution in [0.2, 0.25) is 15.1 Å². The van der Waals surface area contributed by atoms with Crippen molar-refractivity contribution in [3.8, 4) is 0 Å². The molecule has 25 heavy (non-hydrogen) atoms. The summed E-state index contributed by atoms with van der Waals surface area (Å²) in [6.07, 6.45) is 1.83. The summed E-state index contributed by atoms with van der Waals surface area (Å²) >= 11 is 18.7. The first-order valence-electron chi connectivity index (χ1n) is 8.25. The highest BCUT2D eigenvalue weighted by molar-refractivity contribution is 6.36. The molecule has 0 aromatic heterocycles. The van der Waals surface area contributed by atoms with Crippen LogP contribution in [0.5, 0.6) is 0 Å². The number of anilines is 1. The third kappa shape index (κ3) is 4.68. The number of likely N-dealkylation sites (tertiary alicyclic amines) is 1. The van der Waals surface area contributed by atoms with Gasteiger partial charge in [-0.05, 0) is 43.7 Å². The lowest BCUT2D eigenvalue weighted by Gasteiger charge is -2.32. The zero-order valence-corrected chi connectivity index (χ0v) is 15.9. The summed E-state index contributed by atoms with van der Waals surface area (Å²) in [6.45, 7) is 2.25. The van der Waals surface area contributed by atoms with Crippen LogP contribution in [0.3, 0.4) is 0 Å². The highest BCUT2D eigenvalue weighted by Gasteiger charge is 2.27. The monoisotopic (exact) mass is 396 g/mol. The van der Waals surface area contributed by atoms with Crippen molar-refractivity contribution in [1.82, 2.24) is 4.90 Å². The predicted molar refractivity (Wildman–Crippen MR) is 105 cm³/mol. The van der Waals surface area contributed by atoms with E-state index in [0.717, 1.165) is 24.9 Å². The molecule has 1 fully saturated rings. The van der Waals surface area contributed by atoms with Gasteiger partial charge in [0.2, 0.25) is 5.91 Å². The van der Waals surface area contributed by atoms with Gasteiger partial charge in [0.15, 0.2) is 0 Å². The molecule has 0 aliphatic carbocycles. The Morgan fingerprint density at radius 1 is 1.04 bits per heavy atom. The SMILES string of the molecule is O=C(Nc1ccccc1Cl)[C@H]1CCCN(Cc2c(Cl)cccc2Cl)C1. The molecule has 0 saturated carbocycles. The second kappa shape index (κ2) is 8.41. The summed E-state index contributed by atoms with van der Waals surface area (Å²) in [7, 11) is 0. The fourth-order valence-corrected chi connectivity index (χ4v) is 3.82. The maximum Gasteiger partial charge on any atom is 0.228 e. The van der Waals surface area contributed by atoms with Crippen molar-refractivity contribution in [3.63, 3.8) is 0 Å². The topological polar surface area (TPSA) is 32.3 Å². The summed E-state index contributed by atoms with van der Waals surface area (Å²) in [5.74, 6) is -0.0747. The van der Waals surface area contributed by atoms with Crippen LogP contribution in [-0.2, 0) is 11.3 Å². The molecular formula is C19H19Cl3N2O. The van der Waals surface area contributed by atoms with Crippen LogP contribution in [0, 0.1) is 5.92 Å². The first-order valence-corrected chi connectivity index (χ1v) is 9.38. The van der Waals surface area contributed by atoms with Crippen LogP contribution in [0.4, 0.5) is 5.69 Å². The van der Waals surface area contributed by atoms with Crippen molar-refractivity contribution in [2.24, 2.45) is 5.92 Å². The fourth-order valence-electron chi connectivity index (χ4n) is 3.12. The van der Waals surface area contributed by atoms with Gasteiger partial charge in [-0.25, -0.2) is 0 Å². The number of nitrogens with one attached hydrogen (secondary N) is 1. The standard InChI is InChI=1S/C19H19Cl3N2O/c20-15-7-3-8-16(21)14(15)12-24-10-4-5-13(11-24)19(25)23-18-9-2-1-6-17(18)22/h1-3,6-9,13H,4-5,10-12H2,(H,23,25)/t13-/m0/s1. The number of nitrogens with zero attached hydrogens (tertiary/aromatic N) is 1. The molecule has 0 bridgehead atoms. The lowest BCUT2D eigenvalue weighted by atomic mass is 9.96. The van der Waals surface area contributed by atoms with Crippen molar-refractivity contribution in [1.29, 1.82) is 0 Å². The zero-order valence-electron chi connectivity index (χ0n) is 13.6. The van der Waals surface area contributed by atoms with Gasteiger partial charge in [-0.3, -0.25) is 9.69 Å². The van der Waals surface area contributed by atoms with Crippen LogP contribution >= 0.6 is 34.8 Å². The molecule has 0 spiro atoms. The molecule has 1 saturated heterocycles. The van der Waals surface area contributed by atoms with E-state index < -0.39 is 0 Å². The molecule has 3 nitrogen and oxygen atoms in total. The number of hydrogen-bond donors (Lipinski definition) is 1. The van der Waals surface area contributed by atoms with E-state index in [-0.39, 0.29) is 11.8 Å². The Hall–Kier alpha value is -1.26. The number of carbonyl (C=O) groups is 1. The first kappa shape index (κ1) is 18.5. The number of carbonyl (C=O) groups excluding carboxylic acids is 1. The van der Waals surface area contributed by atoms with Gasteiger partial charge < -0.3 is 5.32 Å². The summed E-state index contributed by atoms with van der Waals surface area (Å²) in [5, 5.41) is 4.81. The Morgan fingerprint density at radius 3 is 2.44 bits per heavy atom. The third-order valence-corrected chi connectivity index (χ3v) is 5.49. The molecule has 1 N–H and O–H groups in total. The summed E-state index contributed by atoms with van der Waals surface area (Å²) in [6, 6.07) is 12.8. The van der Waals surface area contributed by atoms with Crippen LogP contribution in [0.1, 0.15) is 18.4 Å². The van der Waals surface area contributed by atoms with Gasteiger partial charge in [0, 0.05) is 28.7 Å². The van der Waals surface area contributed by atoms with E-state index in [2.05, 4.69) is 10.2 Å². The number of piperidine rings is 1. The quantitative estimate of drug-likeness (QED) is 0.739. The zero-order chi connectivity index (χ0) is 17.8. The van der Waals surface area contributed by atoms with Crippen molar-refractivity contribution < 1.29 is 4.79 Å². The summed E-state index contributed by atoms with van der Waals surface area (Å²) in [5.41, 5.74) is 1.57. The number of halogens is 3. The highest BCUT2D eigenvalue weighted by atomic mass is 35.5. The highest BCUT2D eigenvalue weighted by Crippen LogP contribution is 2.28.